The first-order chi connectivity index (χ1) is 7.54. The Morgan fingerprint density at radius 1 is 1.38 bits per heavy atom. The van der Waals surface area contributed by atoms with E-state index in [2.05, 4.69) is 20.1 Å². The average Bonchev–Trinajstić information content (AvgIpc) is 2.65. The van der Waals surface area contributed by atoms with Crippen LogP contribution in [0.15, 0.2) is 23.1 Å². The molecule has 0 amide bonds. The van der Waals surface area contributed by atoms with Gasteiger partial charge in [0.05, 0.1) is 6.20 Å². The van der Waals surface area contributed by atoms with Crippen molar-refractivity contribution in [1.82, 2.24) is 20.1 Å². The summed E-state index contributed by atoms with van der Waals surface area (Å²) in [6, 6.07) is 0. The van der Waals surface area contributed by atoms with Gasteiger partial charge in [-0.2, -0.15) is 4.98 Å². The minimum Gasteiger partial charge on any atom is -0.339 e. The molecular formula is C10H13N5O. The number of hydrogen-bond acceptors (Lipinski definition) is 6. The van der Waals surface area contributed by atoms with Gasteiger partial charge in [0.15, 0.2) is 0 Å². The Hall–Kier alpha value is -1.82. The minimum atomic E-state index is -0.369. The van der Waals surface area contributed by atoms with Crippen LogP contribution in [0.5, 0.6) is 0 Å². The van der Waals surface area contributed by atoms with E-state index in [9.17, 15) is 0 Å². The van der Waals surface area contributed by atoms with Crippen LogP contribution in [0.2, 0.25) is 0 Å². The van der Waals surface area contributed by atoms with Gasteiger partial charge in [-0.3, -0.25) is 4.98 Å². The molecule has 2 aromatic rings. The number of aromatic nitrogens is 4. The predicted octanol–water partition coefficient (Wildman–Crippen LogP) is 0.806. The Labute approximate surface area is 92.9 Å². The lowest BCUT2D eigenvalue weighted by atomic mass is 10.0. The van der Waals surface area contributed by atoms with E-state index >= 15 is 0 Å². The molecule has 0 radical (unpaired) electrons. The van der Waals surface area contributed by atoms with Crippen LogP contribution in [0.1, 0.15) is 19.7 Å². The molecule has 2 aromatic heterocycles. The summed E-state index contributed by atoms with van der Waals surface area (Å²) in [5.41, 5.74) is 6.08. The molecule has 0 fully saturated rings. The van der Waals surface area contributed by atoms with Crippen molar-refractivity contribution in [3.05, 3.63) is 24.5 Å². The maximum atomic E-state index is 5.86. The summed E-state index contributed by atoms with van der Waals surface area (Å²) in [7, 11) is 0. The molecule has 2 N–H and O–H groups in total. The Balaban J connectivity index is 2.21. The fourth-order valence-electron chi connectivity index (χ4n) is 1.24. The Kier molecular flexibility index (Phi) is 2.66. The molecule has 0 aliphatic rings. The van der Waals surface area contributed by atoms with Crippen LogP contribution in [0, 0.1) is 0 Å². The molecule has 0 atom stereocenters. The van der Waals surface area contributed by atoms with Gasteiger partial charge in [-0.15, -0.1) is 0 Å². The first-order valence-electron chi connectivity index (χ1n) is 4.92. The van der Waals surface area contributed by atoms with Crippen LogP contribution in [0.4, 0.5) is 0 Å². The predicted molar refractivity (Wildman–Crippen MR) is 57.3 cm³/mol. The van der Waals surface area contributed by atoms with Crippen molar-refractivity contribution < 1.29 is 4.52 Å². The number of rotatable bonds is 3. The maximum absolute atomic E-state index is 5.86. The fraction of sp³-hybridized carbons (Fsp3) is 0.400. The van der Waals surface area contributed by atoms with Gasteiger partial charge in [0.25, 0.3) is 0 Å². The summed E-state index contributed by atoms with van der Waals surface area (Å²) in [5, 5.41) is 3.83. The van der Waals surface area contributed by atoms with Crippen LogP contribution in [0.3, 0.4) is 0 Å². The molecule has 0 saturated carbocycles. The normalized spacial score (nSPS) is 11.7. The molecule has 2 rings (SSSR count). The Morgan fingerprint density at radius 2 is 2.19 bits per heavy atom. The van der Waals surface area contributed by atoms with E-state index in [1.54, 1.807) is 18.6 Å². The van der Waals surface area contributed by atoms with E-state index in [1.807, 2.05) is 13.8 Å². The molecule has 0 unspecified atom stereocenters. The van der Waals surface area contributed by atoms with E-state index < -0.39 is 0 Å². The second-order valence-electron chi connectivity index (χ2n) is 4.27. The third kappa shape index (κ3) is 2.60. The lowest BCUT2D eigenvalue weighted by molar-refractivity contribution is 0.348. The number of nitrogens with zero attached hydrogens (tertiary/aromatic N) is 4. The zero-order chi connectivity index (χ0) is 11.6. The van der Waals surface area contributed by atoms with Crippen molar-refractivity contribution in [2.75, 3.05) is 0 Å². The van der Waals surface area contributed by atoms with Gasteiger partial charge in [-0.05, 0) is 13.8 Å². The smallest absolute Gasteiger partial charge is 0.228 e. The average molecular weight is 219 g/mol. The fourth-order valence-corrected chi connectivity index (χ4v) is 1.24. The molecule has 0 aliphatic heterocycles. The van der Waals surface area contributed by atoms with Crippen LogP contribution in [-0.2, 0) is 6.42 Å². The first kappa shape index (κ1) is 10.7. The monoisotopic (exact) mass is 219 g/mol. The lowest BCUT2D eigenvalue weighted by Crippen LogP contribution is -2.34. The number of hydrogen-bond donors (Lipinski definition) is 1. The molecule has 6 nitrogen and oxygen atoms in total. The standard InChI is InChI=1S/C10H13N5O/c1-10(2,11)5-8-14-9(15-16-8)7-6-12-3-4-13-7/h3-4,6H,5,11H2,1-2H3. The summed E-state index contributed by atoms with van der Waals surface area (Å²) >= 11 is 0. The number of nitrogens with two attached hydrogens (primary N) is 1. The highest BCUT2D eigenvalue weighted by Gasteiger charge is 2.17. The van der Waals surface area contributed by atoms with Crippen molar-refractivity contribution in [3.8, 4) is 11.5 Å². The van der Waals surface area contributed by atoms with Gasteiger partial charge >= 0.3 is 0 Å². The molecule has 0 spiro atoms. The Morgan fingerprint density at radius 3 is 2.81 bits per heavy atom. The van der Waals surface area contributed by atoms with Gasteiger partial charge in [-0.1, -0.05) is 5.16 Å². The van der Waals surface area contributed by atoms with Gasteiger partial charge in [0.1, 0.15) is 5.69 Å². The highest BCUT2D eigenvalue weighted by Crippen LogP contribution is 2.13. The lowest BCUT2D eigenvalue weighted by Gasteiger charge is -2.14. The van der Waals surface area contributed by atoms with Crippen LogP contribution >= 0.6 is 0 Å². The molecular weight excluding hydrogens is 206 g/mol. The third-order valence-electron chi connectivity index (χ3n) is 1.87. The highest BCUT2D eigenvalue weighted by atomic mass is 16.5. The molecule has 84 valence electrons. The summed E-state index contributed by atoms with van der Waals surface area (Å²) < 4.78 is 5.09. The second kappa shape index (κ2) is 3.97. The molecule has 16 heavy (non-hydrogen) atoms. The maximum Gasteiger partial charge on any atom is 0.228 e. The molecule has 0 bridgehead atoms. The molecule has 6 heteroatoms. The van der Waals surface area contributed by atoms with Crippen LogP contribution in [-0.4, -0.2) is 25.6 Å². The van der Waals surface area contributed by atoms with Crippen molar-refractivity contribution in [2.24, 2.45) is 5.73 Å². The minimum absolute atomic E-state index is 0.369. The van der Waals surface area contributed by atoms with Gasteiger partial charge in [0.2, 0.25) is 11.7 Å². The molecule has 0 saturated heterocycles. The van der Waals surface area contributed by atoms with Gasteiger partial charge in [-0.25, -0.2) is 4.98 Å². The van der Waals surface area contributed by atoms with Crippen LogP contribution in [0.25, 0.3) is 11.5 Å². The first-order valence-corrected chi connectivity index (χ1v) is 4.92. The topological polar surface area (TPSA) is 90.7 Å². The van der Waals surface area contributed by atoms with Crippen molar-refractivity contribution in [2.45, 2.75) is 25.8 Å². The van der Waals surface area contributed by atoms with Gasteiger partial charge in [0, 0.05) is 24.4 Å². The summed E-state index contributed by atoms with van der Waals surface area (Å²) in [5.74, 6) is 0.945. The third-order valence-corrected chi connectivity index (χ3v) is 1.87. The second-order valence-corrected chi connectivity index (χ2v) is 4.27. The van der Waals surface area contributed by atoms with Crippen molar-refractivity contribution in [3.63, 3.8) is 0 Å². The zero-order valence-corrected chi connectivity index (χ0v) is 9.21. The molecule has 0 aromatic carbocycles. The Bertz CT molecular complexity index is 460. The quantitative estimate of drug-likeness (QED) is 0.821. The zero-order valence-electron chi connectivity index (χ0n) is 9.21. The van der Waals surface area contributed by atoms with E-state index in [1.165, 1.54) is 0 Å². The SMILES string of the molecule is CC(C)(N)Cc1nc(-c2cnccn2)no1. The highest BCUT2D eigenvalue weighted by molar-refractivity contribution is 5.45. The summed E-state index contributed by atoms with van der Waals surface area (Å²) in [4.78, 5) is 12.2. The molecule has 2 heterocycles. The summed E-state index contributed by atoms with van der Waals surface area (Å²) in [6.45, 7) is 3.80. The van der Waals surface area contributed by atoms with Crippen LogP contribution < -0.4 is 5.73 Å². The van der Waals surface area contributed by atoms with Crippen molar-refractivity contribution in [1.29, 1.82) is 0 Å². The van der Waals surface area contributed by atoms with E-state index in [4.69, 9.17) is 10.3 Å². The van der Waals surface area contributed by atoms with E-state index in [0.717, 1.165) is 0 Å². The van der Waals surface area contributed by atoms with Gasteiger partial charge < -0.3 is 10.3 Å². The summed E-state index contributed by atoms with van der Waals surface area (Å²) in [6.07, 6.45) is 5.29. The largest absolute Gasteiger partial charge is 0.339 e. The molecule has 0 aliphatic carbocycles. The van der Waals surface area contributed by atoms with E-state index in [0.29, 0.717) is 23.8 Å². The van der Waals surface area contributed by atoms with E-state index in [-0.39, 0.29) is 5.54 Å². The van der Waals surface area contributed by atoms with Crippen molar-refractivity contribution >= 4 is 0 Å².